The van der Waals surface area contributed by atoms with Gasteiger partial charge in [-0.2, -0.15) is 0 Å². The normalized spacial score (nSPS) is 24.1. The van der Waals surface area contributed by atoms with Crippen LogP contribution in [-0.2, 0) is 35.2 Å². The molecule has 2 aliphatic heterocycles. The third-order valence-corrected chi connectivity index (χ3v) is 5.50. The first-order valence-corrected chi connectivity index (χ1v) is 10.8. The third kappa shape index (κ3) is 6.22. The molecule has 2 saturated heterocycles. The van der Waals surface area contributed by atoms with Gasteiger partial charge in [0.05, 0.1) is 25.7 Å². The number of benzene rings is 1. The lowest BCUT2D eigenvalue weighted by atomic mass is 9.89. The number of nitrogens with zero attached hydrogens (tertiary/aromatic N) is 1. The van der Waals surface area contributed by atoms with Crippen LogP contribution in [0.3, 0.4) is 0 Å². The zero-order valence-corrected chi connectivity index (χ0v) is 18.9. The molecule has 0 saturated carbocycles. The molecular weight excluding hydrogens is 450 g/mol. The van der Waals surface area contributed by atoms with Gasteiger partial charge in [-0.25, -0.2) is 4.79 Å². The average Bonchev–Trinajstić information content (AvgIpc) is 3.15. The van der Waals surface area contributed by atoms with E-state index in [2.05, 4.69) is 10.6 Å². The second-order valence-electron chi connectivity index (χ2n) is 8.46. The molecule has 0 radical (unpaired) electrons. The second-order valence-corrected chi connectivity index (χ2v) is 8.46. The molecule has 0 bridgehead atoms. The van der Waals surface area contributed by atoms with Crippen LogP contribution in [0.5, 0.6) is 0 Å². The van der Waals surface area contributed by atoms with Crippen LogP contribution in [0.2, 0.25) is 0 Å². The van der Waals surface area contributed by atoms with E-state index in [1.807, 2.05) is 0 Å². The highest BCUT2D eigenvalue weighted by Crippen LogP contribution is 2.32. The number of amides is 3. The Balaban J connectivity index is 1.64. The van der Waals surface area contributed by atoms with Gasteiger partial charge >= 0.3 is 12.1 Å². The van der Waals surface area contributed by atoms with E-state index in [1.165, 1.54) is 4.90 Å². The number of carboxylic acids is 1. The van der Waals surface area contributed by atoms with Crippen molar-refractivity contribution in [3.63, 3.8) is 0 Å². The number of aliphatic carboxylic acids is 1. The topological polar surface area (TPSA) is 164 Å². The largest absolute Gasteiger partial charge is 0.481 e. The van der Waals surface area contributed by atoms with Crippen LogP contribution in [-0.4, -0.2) is 88.8 Å². The zero-order chi connectivity index (χ0) is 24.9. The first-order chi connectivity index (χ1) is 16.1. The Bertz CT molecular complexity index is 908. The number of hydrogen-bond donors (Lipinski definition) is 4. The van der Waals surface area contributed by atoms with Crippen molar-refractivity contribution in [2.75, 3.05) is 19.8 Å². The lowest BCUT2D eigenvalue weighted by molar-refractivity contribution is -0.175. The number of β-amino-alcohol motifs (C(OH)–C–C–N with tert-alkyl or cyclic N) is 1. The number of hydrogen-bond acceptors (Lipinski definition) is 8. The molecule has 1 aromatic carbocycles. The van der Waals surface area contributed by atoms with Gasteiger partial charge in [-0.05, 0) is 19.4 Å². The van der Waals surface area contributed by atoms with E-state index < -0.39 is 60.3 Å². The minimum absolute atomic E-state index is 0.0405. The van der Waals surface area contributed by atoms with Crippen LogP contribution in [0.15, 0.2) is 30.3 Å². The van der Waals surface area contributed by atoms with Crippen molar-refractivity contribution in [1.29, 1.82) is 0 Å². The van der Waals surface area contributed by atoms with Gasteiger partial charge in [-0.1, -0.05) is 30.3 Å². The van der Waals surface area contributed by atoms with Crippen molar-refractivity contribution in [3.8, 4) is 0 Å². The Morgan fingerprint density at radius 2 is 1.97 bits per heavy atom. The number of carbonyl (C=O) groups excluding carboxylic acids is 3. The smallest absolute Gasteiger partial charge is 0.408 e. The van der Waals surface area contributed by atoms with E-state index in [9.17, 15) is 29.4 Å². The molecular formula is C22H29N3O9. The number of rotatable bonds is 10. The van der Waals surface area contributed by atoms with Crippen molar-refractivity contribution in [3.05, 3.63) is 35.9 Å². The van der Waals surface area contributed by atoms with Gasteiger partial charge in [0.15, 0.2) is 5.79 Å². The Morgan fingerprint density at radius 3 is 2.56 bits per heavy atom. The minimum atomic E-state index is -1.47. The highest BCUT2D eigenvalue weighted by atomic mass is 16.7. The molecule has 2 fully saturated rings. The fourth-order valence-electron chi connectivity index (χ4n) is 3.93. The first kappa shape index (κ1) is 25.4. The van der Waals surface area contributed by atoms with Gasteiger partial charge in [0, 0.05) is 6.54 Å². The monoisotopic (exact) mass is 479 g/mol. The zero-order valence-electron chi connectivity index (χ0n) is 18.9. The molecule has 2 aliphatic rings. The fraction of sp³-hybridized carbons (Fsp3) is 0.545. The van der Waals surface area contributed by atoms with Crippen molar-refractivity contribution in [1.82, 2.24) is 15.5 Å². The summed E-state index contributed by atoms with van der Waals surface area (Å²) in [5, 5.41) is 23.2. The number of carboxylic acid groups (broad SMARTS) is 1. The summed E-state index contributed by atoms with van der Waals surface area (Å²) in [6.07, 6.45) is -2.25. The van der Waals surface area contributed by atoms with Crippen LogP contribution in [0, 0.1) is 0 Å². The third-order valence-electron chi connectivity index (χ3n) is 5.50. The number of alkyl carbamates (subject to hydrolysis) is 1. The summed E-state index contributed by atoms with van der Waals surface area (Å²) in [5.74, 6) is -3.51. The lowest BCUT2D eigenvalue weighted by Crippen LogP contribution is -2.75. The summed E-state index contributed by atoms with van der Waals surface area (Å²) >= 11 is 0. The Kier molecular flexibility index (Phi) is 8.07. The van der Waals surface area contributed by atoms with Gasteiger partial charge < -0.3 is 40.0 Å². The molecule has 4 atom stereocenters. The SMILES string of the molecule is CC1(C)OC[C@H]([C@H]2[C@H](NC(=O)C(CC(=O)O)NC(=O)OCc3ccccc3)C(=O)N2CCO)O1. The molecule has 3 rings (SSSR count). The van der Waals surface area contributed by atoms with E-state index >= 15 is 0 Å². The maximum Gasteiger partial charge on any atom is 0.408 e. The molecule has 0 aromatic heterocycles. The van der Waals surface area contributed by atoms with Crippen LogP contribution in [0.4, 0.5) is 4.79 Å². The Labute approximate surface area is 196 Å². The van der Waals surface area contributed by atoms with Crippen molar-refractivity contribution in [2.24, 2.45) is 0 Å². The number of β-lactam (4-membered cyclic amide) rings is 1. The van der Waals surface area contributed by atoms with Crippen molar-refractivity contribution < 1.29 is 43.6 Å². The molecule has 2 heterocycles. The summed E-state index contributed by atoms with van der Waals surface area (Å²) in [7, 11) is 0. The molecule has 12 nitrogen and oxygen atoms in total. The van der Waals surface area contributed by atoms with E-state index in [0.29, 0.717) is 5.56 Å². The van der Waals surface area contributed by atoms with Gasteiger partial charge in [0.1, 0.15) is 24.8 Å². The highest BCUT2D eigenvalue weighted by Gasteiger charge is 2.55. The number of likely N-dealkylation sites (tertiary alicyclic amines) is 1. The number of nitrogens with one attached hydrogen (secondary N) is 2. The highest BCUT2D eigenvalue weighted by molar-refractivity contribution is 5.96. The number of aliphatic hydroxyl groups is 1. The van der Waals surface area contributed by atoms with Crippen LogP contribution in [0.1, 0.15) is 25.8 Å². The molecule has 186 valence electrons. The average molecular weight is 479 g/mol. The fourth-order valence-corrected chi connectivity index (χ4v) is 3.93. The molecule has 3 amide bonds. The standard InChI is InChI=1S/C22H29N3O9/c1-22(2)33-12-15(34-22)18-17(20(30)25(18)8-9-26)24-19(29)14(10-16(27)28)23-21(31)32-11-13-6-4-3-5-7-13/h3-7,14-15,17-18,26H,8-12H2,1-2H3,(H,23,31)(H,24,29)(H,27,28)/t14?,15-,17+,18+/m1/s1. The molecule has 0 spiro atoms. The molecule has 12 heteroatoms. The number of aliphatic hydroxyl groups excluding tert-OH is 1. The number of ether oxygens (including phenoxy) is 3. The summed E-state index contributed by atoms with van der Waals surface area (Å²) in [5.41, 5.74) is 0.713. The van der Waals surface area contributed by atoms with Crippen LogP contribution < -0.4 is 10.6 Å². The molecule has 4 N–H and O–H groups in total. The Hall–Kier alpha value is -3.22. The van der Waals surface area contributed by atoms with Crippen LogP contribution >= 0.6 is 0 Å². The summed E-state index contributed by atoms with van der Waals surface area (Å²) in [6, 6.07) is 5.69. The van der Waals surface area contributed by atoms with Gasteiger partial charge in [-0.15, -0.1) is 0 Å². The van der Waals surface area contributed by atoms with Gasteiger partial charge in [0.25, 0.3) is 0 Å². The van der Waals surface area contributed by atoms with Crippen LogP contribution in [0.25, 0.3) is 0 Å². The number of carbonyl (C=O) groups is 4. The molecule has 1 aromatic rings. The Morgan fingerprint density at radius 1 is 1.26 bits per heavy atom. The summed E-state index contributed by atoms with van der Waals surface area (Å²) in [4.78, 5) is 50.3. The van der Waals surface area contributed by atoms with E-state index in [-0.39, 0.29) is 26.4 Å². The van der Waals surface area contributed by atoms with E-state index in [1.54, 1.807) is 44.2 Å². The quantitative estimate of drug-likeness (QED) is 0.327. The van der Waals surface area contributed by atoms with Crippen molar-refractivity contribution >= 4 is 23.9 Å². The predicted octanol–water partition coefficient (Wildman–Crippen LogP) is -0.404. The van der Waals surface area contributed by atoms with Gasteiger partial charge in [0.2, 0.25) is 11.8 Å². The molecule has 34 heavy (non-hydrogen) atoms. The maximum absolute atomic E-state index is 12.9. The lowest BCUT2D eigenvalue weighted by Gasteiger charge is -2.49. The molecule has 1 unspecified atom stereocenters. The maximum atomic E-state index is 12.9. The second kappa shape index (κ2) is 10.8. The summed E-state index contributed by atoms with van der Waals surface area (Å²) < 4.78 is 16.4. The van der Waals surface area contributed by atoms with Crippen molar-refractivity contribution in [2.45, 2.75) is 56.9 Å². The predicted molar refractivity (Wildman–Crippen MR) is 115 cm³/mol. The minimum Gasteiger partial charge on any atom is -0.481 e. The van der Waals surface area contributed by atoms with E-state index in [0.717, 1.165) is 0 Å². The van der Waals surface area contributed by atoms with Gasteiger partial charge in [-0.3, -0.25) is 14.4 Å². The summed E-state index contributed by atoms with van der Waals surface area (Å²) in [6.45, 7) is 3.29. The van der Waals surface area contributed by atoms with E-state index in [4.69, 9.17) is 14.2 Å². The molecule has 0 aliphatic carbocycles. The first-order valence-electron chi connectivity index (χ1n) is 10.8.